The van der Waals surface area contributed by atoms with Gasteiger partial charge < -0.3 is 0 Å². The summed E-state index contributed by atoms with van der Waals surface area (Å²) in [6.07, 6.45) is 0. The standard InChI is InChI=1S/C12H18O18S6/c13-31(14,15)1-7-8(2-32(16,17)18)10(4-34(22,23)24)12(6-36(28,29)30)11(5-35(25,26)27)9(7)3-33(19,20)21/h1-6H2,(H,13,14,15)(H,16,17,18)(H,19,20,21)(H,22,23,24)(H,25,26,27)(H,28,29,30). The van der Waals surface area contributed by atoms with Crippen LogP contribution in [0.4, 0.5) is 0 Å². The molecule has 36 heavy (non-hydrogen) atoms. The van der Waals surface area contributed by atoms with Gasteiger partial charge in [-0.3, -0.25) is 27.3 Å². The van der Waals surface area contributed by atoms with E-state index in [0.29, 0.717) is 0 Å². The first-order chi connectivity index (χ1) is 15.6. The molecule has 0 heterocycles. The molecule has 6 N–H and O–H groups in total. The predicted molar refractivity (Wildman–Crippen MR) is 118 cm³/mol. The molecule has 0 spiro atoms. The maximum atomic E-state index is 11.6. The van der Waals surface area contributed by atoms with Crippen LogP contribution >= 0.6 is 0 Å². The minimum absolute atomic E-state index is 1.25. The molecule has 1 aromatic carbocycles. The Labute approximate surface area is 205 Å². The van der Waals surface area contributed by atoms with E-state index in [0.717, 1.165) is 0 Å². The van der Waals surface area contributed by atoms with Crippen LogP contribution < -0.4 is 0 Å². The molecule has 0 aliphatic heterocycles. The average Bonchev–Trinajstić information content (AvgIpc) is 2.51. The van der Waals surface area contributed by atoms with E-state index in [1.54, 1.807) is 0 Å². The van der Waals surface area contributed by atoms with Crippen LogP contribution in [-0.4, -0.2) is 77.8 Å². The highest BCUT2D eigenvalue weighted by Crippen LogP contribution is 2.35. The smallest absolute Gasteiger partial charge is 0.269 e. The Morgan fingerprint density at radius 2 is 0.361 bits per heavy atom. The lowest BCUT2D eigenvalue weighted by molar-refractivity contribution is 0.472. The van der Waals surface area contributed by atoms with Crippen LogP contribution in [0.3, 0.4) is 0 Å². The van der Waals surface area contributed by atoms with E-state index in [4.69, 9.17) is 0 Å². The van der Waals surface area contributed by atoms with Gasteiger partial charge in [-0.15, -0.1) is 0 Å². The van der Waals surface area contributed by atoms with Gasteiger partial charge in [-0.05, 0) is 33.4 Å². The fraction of sp³-hybridized carbons (Fsp3) is 0.500. The molecule has 0 aliphatic carbocycles. The summed E-state index contributed by atoms with van der Waals surface area (Å²) in [5.74, 6) is -11.0. The third-order valence-corrected chi connectivity index (χ3v) is 8.07. The highest BCUT2D eigenvalue weighted by Gasteiger charge is 2.34. The first-order valence-electron chi connectivity index (χ1n) is 8.45. The molecule has 0 aliphatic rings. The lowest BCUT2D eigenvalue weighted by Gasteiger charge is -2.25. The van der Waals surface area contributed by atoms with Crippen LogP contribution in [0.25, 0.3) is 0 Å². The fourth-order valence-electron chi connectivity index (χ4n) is 3.23. The molecular weight excluding hydrogens is 625 g/mol. The largest absolute Gasteiger partial charge is 0.285 e. The normalized spacial score (nSPS) is 14.2. The van der Waals surface area contributed by atoms with Crippen molar-refractivity contribution in [2.75, 3.05) is 0 Å². The third-order valence-electron chi connectivity index (χ3n) is 4.15. The van der Waals surface area contributed by atoms with E-state index < -0.39 is 129 Å². The maximum Gasteiger partial charge on any atom is 0.269 e. The lowest BCUT2D eigenvalue weighted by atomic mass is 9.90. The number of hydrogen-bond acceptors (Lipinski definition) is 12. The minimum Gasteiger partial charge on any atom is -0.285 e. The molecule has 0 aromatic heterocycles. The van der Waals surface area contributed by atoms with Crippen LogP contribution in [0, 0.1) is 0 Å². The molecule has 0 radical (unpaired) electrons. The van der Waals surface area contributed by atoms with Crippen molar-refractivity contribution in [2.45, 2.75) is 34.5 Å². The second kappa shape index (κ2) is 10.4. The van der Waals surface area contributed by atoms with Gasteiger partial charge in [0.15, 0.2) is 0 Å². The van der Waals surface area contributed by atoms with Crippen molar-refractivity contribution in [2.24, 2.45) is 0 Å². The van der Waals surface area contributed by atoms with Crippen LogP contribution in [0.5, 0.6) is 0 Å². The molecule has 0 amide bonds. The summed E-state index contributed by atoms with van der Waals surface area (Å²) >= 11 is 0. The quantitative estimate of drug-likeness (QED) is 0.134. The molecule has 0 saturated heterocycles. The summed E-state index contributed by atoms with van der Waals surface area (Å²) in [6, 6.07) is 0. The van der Waals surface area contributed by atoms with Gasteiger partial charge in [0, 0.05) is 0 Å². The first-order valence-corrected chi connectivity index (χ1v) is 18.1. The first kappa shape index (κ1) is 32.7. The van der Waals surface area contributed by atoms with Crippen LogP contribution in [-0.2, 0) is 95.2 Å². The van der Waals surface area contributed by atoms with Crippen molar-refractivity contribution in [3.8, 4) is 0 Å². The Balaban J connectivity index is 4.71. The Hall–Kier alpha value is -1.32. The van der Waals surface area contributed by atoms with Gasteiger partial charge in [0.2, 0.25) is 0 Å². The molecular formula is C12H18O18S6. The molecule has 24 heteroatoms. The Kier molecular flexibility index (Phi) is 9.49. The monoisotopic (exact) mass is 642 g/mol. The molecule has 0 fully saturated rings. The Morgan fingerprint density at radius 1 is 0.278 bits per heavy atom. The highest BCUT2D eigenvalue weighted by molar-refractivity contribution is 7.86. The van der Waals surface area contributed by atoms with Gasteiger partial charge in [0.05, 0.1) is 0 Å². The Bertz CT molecular complexity index is 1340. The predicted octanol–water partition coefficient (Wildman–Crippen LogP) is -1.99. The topological polar surface area (TPSA) is 326 Å². The van der Waals surface area contributed by atoms with Gasteiger partial charge in [-0.25, -0.2) is 0 Å². The van der Waals surface area contributed by atoms with E-state index in [-0.39, 0.29) is 0 Å². The van der Waals surface area contributed by atoms with E-state index >= 15 is 0 Å². The zero-order chi connectivity index (χ0) is 28.7. The summed E-state index contributed by atoms with van der Waals surface area (Å²) in [5, 5.41) is 0. The second-order valence-corrected chi connectivity index (χ2v) is 15.9. The van der Waals surface area contributed by atoms with Crippen LogP contribution in [0.1, 0.15) is 33.4 Å². The molecule has 1 rings (SSSR count). The van der Waals surface area contributed by atoms with E-state index in [1.165, 1.54) is 0 Å². The van der Waals surface area contributed by atoms with E-state index in [9.17, 15) is 77.8 Å². The van der Waals surface area contributed by atoms with Gasteiger partial charge in [-0.2, -0.15) is 50.5 Å². The van der Waals surface area contributed by atoms with Crippen LogP contribution in [0.2, 0.25) is 0 Å². The zero-order valence-electron chi connectivity index (χ0n) is 17.3. The van der Waals surface area contributed by atoms with Crippen molar-refractivity contribution in [3.63, 3.8) is 0 Å². The van der Waals surface area contributed by atoms with Gasteiger partial charge in [0.25, 0.3) is 60.7 Å². The summed E-state index contributed by atoms with van der Waals surface area (Å²) in [7, 11) is -32.1. The van der Waals surface area contributed by atoms with Crippen molar-refractivity contribution in [1.82, 2.24) is 0 Å². The molecule has 0 unspecified atom stereocenters. The number of hydrogen-bond donors (Lipinski definition) is 6. The molecule has 18 nitrogen and oxygen atoms in total. The van der Waals surface area contributed by atoms with Gasteiger partial charge >= 0.3 is 0 Å². The lowest BCUT2D eigenvalue weighted by Crippen LogP contribution is -2.24. The molecule has 0 bridgehead atoms. The van der Waals surface area contributed by atoms with Gasteiger partial charge in [0.1, 0.15) is 34.5 Å². The maximum absolute atomic E-state index is 11.6. The third kappa shape index (κ3) is 11.8. The van der Waals surface area contributed by atoms with Crippen LogP contribution in [0.15, 0.2) is 0 Å². The highest BCUT2D eigenvalue weighted by atomic mass is 32.2. The molecule has 0 atom stereocenters. The zero-order valence-corrected chi connectivity index (χ0v) is 22.2. The molecule has 210 valence electrons. The average molecular weight is 643 g/mol. The van der Waals surface area contributed by atoms with Crippen molar-refractivity contribution in [1.29, 1.82) is 0 Å². The molecule has 1 aromatic rings. The number of rotatable bonds is 12. The summed E-state index contributed by atoms with van der Waals surface area (Å²) in [5.41, 5.74) is -7.48. The van der Waals surface area contributed by atoms with Crippen molar-refractivity contribution in [3.05, 3.63) is 33.4 Å². The Morgan fingerprint density at radius 3 is 0.417 bits per heavy atom. The van der Waals surface area contributed by atoms with Crippen molar-refractivity contribution < 1.29 is 77.8 Å². The van der Waals surface area contributed by atoms with Gasteiger partial charge in [-0.1, -0.05) is 0 Å². The second-order valence-electron chi connectivity index (χ2n) is 7.23. The minimum atomic E-state index is -5.35. The summed E-state index contributed by atoms with van der Waals surface area (Å²) < 4.78 is 195. The fourth-order valence-corrected chi connectivity index (χ4v) is 7.51. The van der Waals surface area contributed by atoms with E-state index in [1.807, 2.05) is 0 Å². The summed E-state index contributed by atoms with van der Waals surface area (Å²) in [6.45, 7) is 0. The molecule has 0 saturated carbocycles. The SMILES string of the molecule is O=S(=O)(O)Cc1c(CS(=O)(=O)O)c(CS(=O)(=O)O)c(CS(=O)(=O)O)c(CS(=O)(=O)O)c1CS(=O)(=O)O. The number of benzene rings is 1. The summed E-state index contributed by atoms with van der Waals surface area (Å²) in [4.78, 5) is 0. The van der Waals surface area contributed by atoms with E-state index in [2.05, 4.69) is 0 Å². The van der Waals surface area contributed by atoms with Crippen molar-refractivity contribution >= 4 is 60.7 Å².